The van der Waals surface area contributed by atoms with Crippen LogP contribution < -0.4 is 4.90 Å². The molecule has 0 aliphatic heterocycles. The van der Waals surface area contributed by atoms with Crippen molar-refractivity contribution in [2.45, 2.75) is 5.92 Å². The lowest BCUT2D eigenvalue weighted by Crippen LogP contribution is -2.08. The summed E-state index contributed by atoms with van der Waals surface area (Å²) in [5, 5.41) is 0. The normalized spacial score (nSPS) is 12.5. The van der Waals surface area contributed by atoms with Crippen LogP contribution in [0.25, 0.3) is 6.08 Å². The predicted molar refractivity (Wildman–Crippen MR) is 114 cm³/mol. The van der Waals surface area contributed by atoms with Gasteiger partial charge in [0.25, 0.3) is 0 Å². The lowest BCUT2D eigenvalue weighted by Gasteiger charge is -2.17. The van der Waals surface area contributed by atoms with E-state index in [1.165, 1.54) is 22.4 Å². The summed E-state index contributed by atoms with van der Waals surface area (Å²) in [5.74, 6) is 0.243. The summed E-state index contributed by atoms with van der Waals surface area (Å²) in [5.41, 5.74) is 5.03. The maximum absolute atomic E-state index is 2.26. The van der Waals surface area contributed by atoms with Crippen LogP contribution in [0, 0.1) is 0 Å². The first kappa shape index (κ1) is 17.8. The highest BCUT2D eigenvalue weighted by atomic mass is 15.1. The highest BCUT2D eigenvalue weighted by Crippen LogP contribution is 2.27. The second-order valence-electron chi connectivity index (χ2n) is 6.53. The first-order chi connectivity index (χ1) is 12.7. The van der Waals surface area contributed by atoms with E-state index in [4.69, 9.17) is 0 Å². The van der Waals surface area contributed by atoms with Gasteiger partial charge in [-0.3, -0.25) is 0 Å². The van der Waals surface area contributed by atoms with Crippen LogP contribution in [0.2, 0.25) is 0 Å². The molecule has 1 unspecified atom stereocenters. The fraction of sp³-hybridized carbons (Fsp3) is 0.120. The molecule has 26 heavy (non-hydrogen) atoms. The van der Waals surface area contributed by atoms with Crippen LogP contribution >= 0.6 is 0 Å². The molecule has 0 saturated heterocycles. The van der Waals surface area contributed by atoms with Gasteiger partial charge >= 0.3 is 0 Å². The van der Waals surface area contributed by atoms with Gasteiger partial charge in [0.2, 0.25) is 0 Å². The van der Waals surface area contributed by atoms with E-state index in [1.807, 2.05) is 6.07 Å². The molecule has 0 heterocycles. The summed E-state index contributed by atoms with van der Waals surface area (Å²) in [7, 11) is 4.13. The Labute approximate surface area is 156 Å². The number of hydrogen-bond donors (Lipinski definition) is 0. The van der Waals surface area contributed by atoms with Crippen LogP contribution in [0.3, 0.4) is 0 Å². The molecule has 0 fully saturated rings. The highest BCUT2D eigenvalue weighted by molar-refractivity contribution is 5.52. The van der Waals surface area contributed by atoms with E-state index < -0.39 is 0 Å². The number of allylic oxidation sites excluding steroid dienone is 3. The first-order valence-electron chi connectivity index (χ1n) is 8.96. The summed E-state index contributed by atoms with van der Waals surface area (Å²) >= 11 is 0. The Kier molecular flexibility index (Phi) is 6.05. The summed E-state index contributed by atoms with van der Waals surface area (Å²) < 4.78 is 0. The maximum Gasteiger partial charge on any atom is 0.0361 e. The smallest absolute Gasteiger partial charge is 0.0361 e. The zero-order chi connectivity index (χ0) is 18.2. The molecule has 0 amide bonds. The highest BCUT2D eigenvalue weighted by Gasteiger charge is 2.10. The van der Waals surface area contributed by atoms with Crippen molar-refractivity contribution in [1.82, 2.24) is 0 Å². The average molecular weight is 339 g/mol. The Morgan fingerprint density at radius 3 is 1.85 bits per heavy atom. The Balaban J connectivity index is 1.84. The fourth-order valence-corrected chi connectivity index (χ4v) is 2.96. The van der Waals surface area contributed by atoms with Gasteiger partial charge in [0.05, 0.1) is 0 Å². The molecule has 3 aromatic rings. The van der Waals surface area contributed by atoms with Crippen LogP contribution in [0.1, 0.15) is 22.6 Å². The Hall–Kier alpha value is -3.06. The average Bonchev–Trinajstić information content (AvgIpc) is 2.69. The molecule has 130 valence electrons. The summed E-state index contributed by atoms with van der Waals surface area (Å²) in [6.07, 6.45) is 8.65. The first-order valence-corrected chi connectivity index (χ1v) is 8.96. The molecular formula is C25H25N. The van der Waals surface area contributed by atoms with Gasteiger partial charge in [-0.15, -0.1) is 0 Å². The van der Waals surface area contributed by atoms with E-state index in [2.05, 4.69) is 122 Å². The van der Waals surface area contributed by atoms with Crippen molar-refractivity contribution in [2.24, 2.45) is 0 Å². The number of rotatable bonds is 6. The largest absolute Gasteiger partial charge is 0.378 e. The SMILES string of the molecule is CN(C)c1ccc(C(C=CC=Cc2ccccc2)c2ccccc2)cc1. The number of hydrogen-bond acceptors (Lipinski definition) is 1. The number of benzene rings is 3. The van der Waals surface area contributed by atoms with Gasteiger partial charge in [-0.05, 0) is 28.8 Å². The topological polar surface area (TPSA) is 3.24 Å². The van der Waals surface area contributed by atoms with Gasteiger partial charge in [-0.2, -0.15) is 0 Å². The number of nitrogens with zero attached hydrogens (tertiary/aromatic N) is 1. The van der Waals surface area contributed by atoms with Gasteiger partial charge in [0, 0.05) is 25.7 Å². The molecule has 0 radical (unpaired) electrons. The second-order valence-corrected chi connectivity index (χ2v) is 6.53. The van der Waals surface area contributed by atoms with E-state index in [-0.39, 0.29) is 5.92 Å². The van der Waals surface area contributed by atoms with Gasteiger partial charge in [0.1, 0.15) is 0 Å². The lowest BCUT2D eigenvalue weighted by molar-refractivity contribution is 1.02. The zero-order valence-corrected chi connectivity index (χ0v) is 15.4. The fourth-order valence-electron chi connectivity index (χ4n) is 2.96. The Morgan fingerprint density at radius 2 is 1.23 bits per heavy atom. The van der Waals surface area contributed by atoms with Crippen molar-refractivity contribution in [1.29, 1.82) is 0 Å². The van der Waals surface area contributed by atoms with Crippen molar-refractivity contribution < 1.29 is 0 Å². The lowest BCUT2D eigenvalue weighted by atomic mass is 9.90. The van der Waals surface area contributed by atoms with Crippen LogP contribution in [0.5, 0.6) is 0 Å². The van der Waals surface area contributed by atoms with Crippen molar-refractivity contribution in [3.05, 3.63) is 120 Å². The predicted octanol–water partition coefficient (Wildman–Crippen LogP) is 6.15. The third kappa shape index (κ3) is 4.73. The molecule has 3 aromatic carbocycles. The van der Waals surface area contributed by atoms with Crippen LogP contribution in [0.15, 0.2) is 103 Å². The molecule has 0 bridgehead atoms. The molecule has 1 heteroatoms. The molecule has 1 atom stereocenters. The molecule has 0 aromatic heterocycles. The number of anilines is 1. The molecule has 0 aliphatic carbocycles. The van der Waals surface area contributed by atoms with Gasteiger partial charge in [-0.1, -0.05) is 97.1 Å². The van der Waals surface area contributed by atoms with Crippen LogP contribution in [0.4, 0.5) is 5.69 Å². The molecule has 0 aliphatic rings. The minimum Gasteiger partial charge on any atom is -0.378 e. The van der Waals surface area contributed by atoms with Gasteiger partial charge < -0.3 is 4.90 Å². The quantitative estimate of drug-likeness (QED) is 0.487. The van der Waals surface area contributed by atoms with Crippen molar-refractivity contribution in [3.63, 3.8) is 0 Å². The minimum absolute atomic E-state index is 0.243. The Bertz CT molecular complexity index is 844. The Morgan fingerprint density at radius 1 is 0.654 bits per heavy atom. The molecule has 0 saturated carbocycles. The molecule has 1 nitrogen and oxygen atoms in total. The zero-order valence-electron chi connectivity index (χ0n) is 15.4. The summed E-state index contributed by atoms with van der Waals surface area (Å²) in [4.78, 5) is 2.12. The molecule has 3 rings (SSSR count). The van der Waals surface area contributed by atoms with E-state index >= 15 is 0 Å². The standard InChI is InChI=1S/C25H25N/c1-26(2)24-19-17-23(18-20-24)25(22-14-7-4-8-15-22)16-10-9-13-21-11-5-3-6-12-21/h3-20,25H,1-2H3. The molecule has 0 spiro atoms. The van der Waals surface area contributed by atoms with E-state index in [0.717, 1.165) is 0 Å². The molecular weight excluding hydrogens is 314 g/mol. The monoisotopic (exact) mass is 339 g/mol. The van der Waals surface area contributed by atoms with Crippen LogP contribution in [-0.4, -0.2) is 14.1 Å². The van der Waals surface area contributed by atoms with Gasteiger partial charge in [-0.25, -0.2) is 0 Å². The van der Waals surface area contributed by atoms with E-state index in [0.29, 0.717) is 0 Å². The second kappa shape index (κ2) is 8.87. The maximum atomic E-state index is 2.26. The van der Waals surface area contributed by atoms with Gasteiger partial charge in [0.15, 0.2) is 0 Å². The third-order valence-corrected chi connectivity index (χ3v) is 4.43. The molecule has 0 N–H and O–H groups in total. The van der Waals surface area contributed by atoms with E-state index in [1.54, 1.807) is 0 Å². The summed E-state index contributed by atoms with van der Waals surface area (Å²) in [6, 6.07) is 29.8. The van der Waals surface area contributed by atoms with Crippen molar-refractivity contribution >= 4 is 11.8 Å². The van der Waals surface area contributed by atoms with Crippen molar-refractivity contribution in [2.75, 3.05) is 19.0 Å². The minimum atomic E-state index is 0.243. The third-order valence-electron chi connectivity index (χ3n) is 4.43. The van der Waals surface area contributed by atoms with Crippen LogP contribution in [-0.2, 0) is 0 Å². The van der Waals surface area contributed by atoms with E-state index in [9.17, 15) is 0 Å². The summed E-state index contributed by atoms with van der Waals surface area (Å²) in [6.45, 7) is 0. The van der Waals surface area contributed by atoms with Crippen molar-refractivity contribution in [3.8, 4) is 0 Å².